The summed E-state index contributed by atoms with van der Waals surface area (Å²) in [6.45, 7) is 0. The first-order valence-electron chi connectivity index (χ1n) is 8.75. The lowest BCUT2D eigenvalue weighted by atomic mass is 10.0. The van der Waals surface area contributed by atoms with Crippen LogP contribution in [0, 0.1) is 0 Å². The Labute approximate surface area is 183 Å². The van der Waals surface area contributed by atoms with Crippen molar-refractivity contribution in [3.05, 3.63) is 71.8 Å². The molecule has 0 heterocycles. The molecule has 0 radical (unpaired) electrons. The van der Waals surface area contributed by atoms with Crippen molar-refractivity contribution in [2.24, 2.45) is 0 Å². The number of anilines is 2. The second-order valence-electron chi connectivity index (χ2n) is 6.61. The number of benzene rings is 3. The molecule has 12 heteroatoms. The summed E-state index contributed by atoms with van der Waals surface area (Å²) in [6, 6.07) is 12.4. The van der Waals surface area contributed by atoms with Gasteiger partial charge in [0.05, 0.1) is 0 Å². The van der Waals surface area contributed by atoms with Crippen molar-refractivity contribution in [1.82, 2.24) is 0 Å². The summed E-state index contributed by atoms with van der Waals surface area (Å²) in [5.41, 5.74) is 5.62. The quantitative estimate of drug-likeness (QED) is 0.236. The third-order valence-electron chi connectivity index (χ3n) is 4.40. The highest BCUT2D eigenvalue weighted by Gasteiger charge is 2.24. The molecule has 0 aliphatic heterocycles. The van der Waals surface area contributed by atoms with Gasteiger partial charge in [0.15, 0.2) is 0 Å². The molecular weight excluding hydrogens is 460 g/mol. The van der Waals surface area contributed by atoms with Gasteiger partial charge < -0.3 is 11.1 Å². The number of hydrogen-bond donors (Lipinski definition) is 4. The maximum absolute atomic E-state index is 12.4. The number of hydrogen-bond acceptors (Lipinski definition) is 7. The van der Waals surface area contributed by atoms with Crippen molar-refractivity contribution in [3.8, 4) is 11.1 Å². The van der Waals surface area contributed by atoms with E-state index in [4.69, 9.17) is 5.73 Å². The lowest BCUT2D eigenvalue weighted by Crippen LogP contribution is -2.13. The van der Waals surface area contributed by atoms with Gasteiger partial charge in [0, 0.05) is 33.6 Å². The molecule has 3 aromatic rings. The third-order valence-corrected chi connectivity index (χ3v) is 6.19. The van der Waals surface area contributed by atoms with Crippen molar-refractivity contribution in [2.75, 3.05) is 11.1 Å². The summed E-state index contributed by atoms with van der Waals surface area (Å²) in [5.74, 6) is -0.623. The van der Waals surface area contributed by atoms with Gasteiger partial charge in [-0.15, -0.1) is 0 Å². The lowest BCUT2D eigenvalue weighted by molar-refractivity contribution is 0.102. The molecule has 0 aliphatic carbocycles. The van der Waals surface area contributed by atoms with Crippen LogP contribution < -0.4 is 11.1 Å². The molecule has 0 spiro atoms. The van der Waals surface area contributed by atoms with E-state index < -0.39 is 35.9 Å². The van der Waals surface area contributed by atoms with E-state index in [9.17, 15) is 35.5 Å². The fraction of sp³-hybridized carbons (Fsp3) is 0. The number of nitrogens with two attached hydrogens (primary N) is 1. The van der Waals surface area contributed by atoms with E-state index in [0.717, 1.165) is 18.2 Å². The van der Waals surface area contributed by atoms with Crippen molar-refractivity contribution >= 4 is 43.8 Å². The van der Waals surface area contributed by atoms with Crippen LogP contribution in [0.2, 0.25) is 0 Å². The third kappa shape index (κ3) is 5.00. The maximum atomic E-state index is 12.4. The van der Waals surface area contributed by atoms with Crippen LogP contribution >= 0.6 is 0 Å². The SMILES string of the molecule is Nc1ccc(-c2ccc(NC(=O)c3ccc(C=O)cc3)cc2S(=O)(=O)O)c(S(=O)(=O)O)c1. The highest BCUT2D eigenvalue weighted by atomic mass is 32.2. The van der Waals surface area contributed by atoms with Crippen molar-refractivity contribution in [1.29, 1.82) is 0 Å². The number of amides is 1. The van der Waals surface area contributed by atoms with Crippen LogP contribution in [0.3, 0.4) is 0 Å². The first kappa shape index (κ1) is 23.1. The van der Waals surface area contributed by atoms with Crippen LogP contribution in [0.15, 0.2) is 70.5 Å². The molecule has 5 N–H and O–H groups in total. The molecule has 0 unspecified atom stereocenters. The van der Waals surface area contributed by atoms with Gasteiger partial charge in [0.1, 0.15) is 16.1 Å². The van der Waals surface area contributed by atoms with E-state index in [1.165, 1.54) is 42.5 Å². The second-order valence-corrected chi connectivity index (χ2v) is 9.39. The zero-order valence-corrected chi connectivity index (χ0v) is 17.7. The molecule has 1 amide bonds. The van der Waals surface area contributed by atoms with E-state index in [-0.39, 0.29) is 28.1 Å². The second kappa shape index (κ2) is 8.51. The lowest BCUT2D eigenvalue weighted by Gasteiger charge is -2.14. The maximum Gasteiger partial charge on any atom is 0.295 e. The fourth-order valence-corrected chi connectivity index (χ4v) is 4.40. The Balaban J connectivity index is 2.09. The molecule has 32 heavy (non-hydrogen) atoms. The fourth-order valence-electron chi connectivity index (χ4n) is 2.93. The molecule has 166 valence electrons. The van der Waals surface area contributed by atoms with Crippen LogP contribution in [0.5, 0.6) is 0 Å². The highest BCUT2D eigenvalue weighted by molar-refractivity contribution is 7.86. The molecule has 3 aromatic carbocycles. The Kier molecular flexibility index (Phi) is 6.14. The molecule has 0 aliphatic rings. The largest absolute Gasteiger partial charge is 0.399 e. The zero-order chi connectivity index (χ0) is 23.7. The molecule has 10 nitrogen and oxygen atoms in total. The molecule has 0 saturated carbocycles. The summed E-state index contributed by atoms with van der Waals surface area (Å²) >= 11 is 0. The minimum absolute atomic E-state index is 0.000683. The Morgan fingerprint density at radius 2 is 1.34 bits per heavy atom. The number of aldehydes is 1. The summed E-state index contributed by atoms with van der Waals surface area (Å²) in [4.78, 5) is 21.8. The van der Waals surface area contributed by atoms with Gasteiger partial charge in [-0.25, -0.2) is 0 Å². The normalized spacial score (nSPS) is 11.7. The Bertz CT molecular complexity index is 1430. The molecule has 0 atom stereocenters. The number of rotatable bonds is 6. The Hall–Kier alpha value is -3.58. The number of carbonyl (C=O) groups is 2. The average molecular weight is 476 g/mol. The summed E-state index contributed by atoms with van der Waals surface area (Å²) in [7, 11) is -9.67. The summed E-state index contributed by atoms with van der Waals surface area (Å²) in [5, 5.41) is 2.45. The van der Waals surface area contributed by atoms with E-state index in [1.807, 2.05) is 0 Å². The smallest absolute Gasteiger partial charge is 0.295 e. The number of nitrogens with one attached hydrogen (secondary N) is 1. The standard InChI is InChI=1S/C20H16N2O8S2/c21-14-5-7-16(18(9-14)31(25,26)27)17-8-6-15(10-19(17)32(28,29)30)22-20(24)13-3-1-12(11-23)2-4-13/h1-11H,21H2,(H,22,24)(H,25,26,27)(H,28,29,30). The molecular formula is C20H16N2O8S2. The van der Waals surface area contributed by atoms with Gasteiger partial charge in [-0.1, -0.05) is 24.3 Å². The number of nitrogen functional groups attached to an aromatic ring is 1. The number of carbonyl (C=O) groups excluding carboxylic acids is 2. The van der Waals surface area contributed by atoms with Gasteiger partial charge in [0.25, 0.3) is 26.1 Å². The van der Waals surface area contributed by atoms with E-state index in [2.05, 4.69) is 5.32 Å². The average Bonchev–Trinajstić information content (AvgIpc) is 2.72. The van der Waals surface area contributed by atoms with Crippen LogP contribution in [-0.4, -0.2) is 38.1 Å². The van der Waals surface area contributed by atoms with Gasteiger partial charge in [-0.2, -0.15) is 16.8 Å². The first-order valence-corrected chi connectivity index (χ1v) is 11.6. The zero-order valence-electron chi connectivity index (χ0n) is 16.1. The summed E-state index contributed by atoms with van der Waals surface area (Å²) < 4.78 is 66.8. The minimum Gasteiger partial charge on any atom is -0.399 e. The van der Waals surface area contributed by atoms with Crippen molar-refractivity contribution in [2.45, 2.75) is 9.79 Å². The van der Waals surface area contributed by atoms with Crippen molar-refractivity contribution in [3.63, 3.8) is 0 Å². The molecule has 3 rings (SSSR count). The van der Waals surface area contributed by atoms with E-state index in [1.54, 1.807) is 0 Å². The van der Waals surface area contributed by atoms with E-state index >= 15 is 0 Å². The first-order chi connectivity index (χ1) is 14.9. The highest BCUT2D eigenvalue weighted by Crippen LogP contribution is 2.35. The molecule has 0 aromatic heterocycles. The van der Waals surface area contributed by atoms with E-state index in [0.29, 0.717) is 11.8 Å². The predicted molar refractivity (Wildman–Crippen MR) is 116 cm³/mol. The van der Waals surface area contributed by atoms with Crippen LogP contribution in [0.4, 0.5) is 11.4 Å². The van der Waals surface area contributed by atoms with Crippen LogP contribution in [-0.2, 0) is 20.2 Å². The van der Waals surface area contributed by atoms with Gasteiger partial charge >= 0.3 is 0 Å². The summed E-state index contributed by atoms with van der Waals surface area (Å²) in [6.07, 6.45) is 0.608. The topological polar surface area (TPSA) is 181 Å². The van der Waals surface area contributed by atoms with Crippen molar-refractivity contribution < 1.29 is 35.5 Å². The molecule has 0 saturated heterocycles. The van der Waals surface area contributed by atoms with Crippen LogP contribution in [0.25, 0.3) is 11.1 Å². The molecule has 0 bridgehead atoms. The Morgan fingerprint density at radius 3 is 1.88 bits per heavy atom. The van der Waals surface area contributed by atoms with Gasteiger partial charge in [-0.05, 0) is 36.4 Å². The van der Waals surface area contributed by atoms with Gasteiger partial charge in [-0.3, -0.25) is 18.7 Å². The predicted octanol–water partition coefficient (Wildman–Crippen LogP) is 2.49. The van der Waals surface area contributed by atoms with Crippen LogP contribution in [0.1, 0.15) is 20.7 Å². The monoisotopic (exact) mass is 476 g/mol. The van der Waals surface area contributed by atoms with Gasteiger partial charge in [0.2, 0.25) is 0 Å². The molecule has 0 fully saturated rings. The Morgan fingerprint density at radius 1 is 0.812 bits per heavy atom. The minimum atomic E-state index is -4.88.